The monoisotopic (exact) mass is 208 g/mol. The van der Waals surface area contributed by atoms with E-state index in [4.69, 9.17) is 0 Å². The van der Waals surface area contributed by atoms with Gasteiger partial charge in [0.25, 0.3) is 0 Å². The Hall–Kier alpha value is -0.890. The second-order valence-corrected chi connectivity index (χ2v) is 5.48. The summed E-state index contributed by atoms with van der Waals surface area (Å²) < 4.78 is 13.8. The van der Waals surface area contributed by atoms with Crippen molar-refractivity contribution in [3.05, 3.63) is 35.1 Å². The smallest absolute Gasteiger partial charge is 0.127 e. The van der Waals surface area contributed by atoms with E-state index in [2.05, 4.69) is 0 Å². The van der Waals surface area contributed by atoms with Gasteiger partial charge >= 0.3 is 0 Å². The van der Waals surface area contributed by atoms with Gasteiger partial charge < -0.3 is 5.11 Å². The lowest BCUT2D eigenvalue weighted by Crippen LogP contribution is -2.15. The van der Waals surface area contributed by atoms with Crippen LogP contribution in [-0.2, 0) is 11.0 Å². The molecule has 0 atom stereocenters. The highest BCUT2D eigenvalue weighted by Crippen LogP contribution is 2.45. The Morgan fingerprint density at radius 3 is 2.27 bits per heavy atom. The Labute approximate surface area is 89.9 Å². The number of hydrogen-bond donors (Lipinski definition) is 1. The van der Waals surface area contributed by atoms with E-state index >= 15 is 0 Å². The molecule has 0 spiro atoms. The van der Waals surface area contributed by atoms with Gasteiger partial charge in [0.15, 0.2) is 0 Å². The molecule has 0 amide bonds. The lowest BCUT2D eigenvalue weighted by Gasteiger charge is -2.21. The first-order valence-electron chi connectivity index (χ1n) is 5.36. The fourth-order valence-corrected chi connectivity index (χ4v) is 1.82. The number of aliphatic hydroxyl groups is 1. The van der Waals surface area contributed by atoms with Gasteiger partial charge in [-0.15, -0.1) is 0 Å². The van der Waals surface area contributed by atoms with Gasteiger partial charge in [0, 0.05) is 0 Å². The van der Waals surface area contributed by atoms with Crippen LogP contribution in [0.5, 0.6) is 0 Å². The van der Waals surface area contributed by atoms with Gasteiger partial charge in [-0.05, 0) is 35.4 Å². The third-order valence-corrected chi connectivity index (χ3v) is 3.04. The zero-order valence-electron chi connectivity index (χ0n) is 9.47. The second-order valence-electron chi connectivity index (χ2n) is 5.48. The van der Waals surface area contributed by atoms with Crippen molar-refractivity contribution in [2.45, 2.75) is 44.6 Å². The van der Waals surface area contributed by atoms with Gasteiger partial charge in [0.2, 0.25) is 0 Å². The summed E-state index contributed by atoms with van der Waals surface area (Å²) in [4.78, 5) is 0. The Morgan fingerprint density at radius 1 is 1.27 bits per heavy atom. The average Bonchev–Trinajstić information content (AvgIpc) is 2.82. The van der Waals surface area contributed by atoms with Crippen molar-refractivity contribution in [2.75, 3.05) is 0 Å². The molecule has 0 radical (unpaired) electrons. The molecule has 1 saturated carbocycles. The molecular weight excluding hydrogens is 191 g/mol. The van der Waals surface area contributed by atoms with Crippen LogP contribution in [0.4, 0.5) is 4.39 Å². The summed E-state index contributed by atoms with van der Waals surface area (Å²) in [5.74, 6) is -0.208. The summed E-state index contributed by atoms with van der Waals surface area (Å²) >= 11 is 0. The van der Waals surface area contributed by atoms with Crippen LogP contribution in [0.25, 0.3) is 0 Å². The lowest BCUT2D eigenvalue weighted by molar-refractivity contribution is 0.151. The molecule has 1 nitrogen and oxygen atoms in total. The van der Waals surface area contributed by atoms with Crippen LogP contribution >= 0.6 is 0 Å². The highest BCUT2D eigenvalue weighted by molar-refractivity contribution is 5.34. The van der Waals surface area contributed by atoms with Crippen LogP contribution in [0.2, 0.25) is 0 Å². The average molecular weight is 208 g/mol. The van der Waals surface area contributed by atoms with E-state index in [9.17, 15) is 9.50 Å². The normalized spacial score (nSPS) is 19.0. The Kier molecular flexibility index (Phi) is 2.16. The van der Waals surface area contributed by atoms with E-state index in [1.807, 2.05) is 26.8 Å². The maximum absolute atomic E-state index is 13.8. The van der Waals surface area contributed by atoms with Gasteiger partial charge in [-0.1, -0.05) is 32.9 Å². The largest absolute Gasteiger partial charge is 0.385 e. The van der Waals surface area contributed by atoms with E-state index in [0.29, 0.717) is 11.1 Å². The number of hydrogen-bond acceptors (Lipinski definition) is 1. The summed E-state index contributed by atoms with van der Waals surface area (Å²) in [6.45, 7) is 5.95. The van der Waals surface area contributed by atoms with Crippen molar-refractivity contribution in [1.82, 2.24) is 0 Å². The number of rotatable bonds is 1. The zero-order valence-corrected chi connectivity index (χ0v) is 9.47. The molecule has 82 valence electrons. The molecule has 1 aromatic rings. The van der Waals surface area contributed by atoms with Crippen molar-refractivity contribution in [3.8, 4) is 0 Å². The van der Waals surface area contributed by atoms with Crippen molar-refractivity contribution in [1.29, 1.82) is 0 Å². The van der Waals surface area contributed by atoms with E-state index in [-0.39, 0.29) is 11.2 Å². The Balaban J connectivity index is 2.39. The van der Waals surface area contributed by atoms with Crippen molar-refractivity contribution in [3.63, 3.8) is 0 Å². The van der Waals surface area contributed by atoms with Gasteiger partial charge in [0.05, 0.1) is 5.60 Å². The highest BCUT2D eigenvalue weighted by atomic mass is 19.1. The Morgan fingerprint density at radius 2 is 1.87 bits per heavy atom. The van der Waals surface area contributed by atoms with E-state index in [1.165, 1.54) is 6.07 Å². The molecule has 1 aromatic carbocycles. The van der Waals surface area contributed by atoms with Crippen LogP contribution in [0.15, 0.2) is 18.2 Å². The molecule has 0 bridgehead atoms. The van der Waals surface area contributed by atoms with Crippen LogP contribution in [-0.4, -0.2) is 5.11 Å². The zero-order chi connectivity index (χ0) is 11.3. The molecule has 15 heavy (non-hydrogen) atoms. The minimum Gasteiger partial charge on any atom is -0.385 e. The third kappa shape index (κ3) is 1.91. The molecule has 0 heterocycles. The molecular formula is C13H17FO. The van der Waals surface area contributed by atoms with Crippen LogP contribution < -0.4 is 0 Å². The van der Waals surface area contributed by atoms with Gasteiger partial charge in [0.1, 0.15) is 5.82 Å². The highest BCUT2D eigenvalue weighted by Gasteiger charge is 2.42. The summed E-state index contributed by atoms with van der Waals surface area (Å²) in [6.07, 6.45) is 1.50. The van der Waals surface area contributed by atoms with Crippen molar-refractivity contribution >= 4 is 0 Å². The van der Waals surface area contributed by atoms with E-state index in [0.717, 1.165) is 12.8 Å². The topological polar surface area (TPSA) is 20.2 Å². The fraction of sp³-hybridized carbons (Fsp3) is 0.538. The fourth-order valence-electron chi connectivity index (χ4n) is 1.82. The third-order valence-electron chi connectivity index (χ3n) is 3.04. The standard InChI is InChI=1S/C13H17FO/c1-12(2,3)10-5-4-9(8-11(10)14)13(15)6-7-13/h4-5,8,15H,6-7H2,1-3H3. The first kappa shape index (κ1) is 10.6. The van der Waals surface area contributed by atoms with Gasteiger partial charge in [-0.2, -0.15) is 0 Å². The quantitative estimate of drug-likeness (QED) is 0.751. The number of benzene rings is 1. The molecule has 1 aliphatic carbocycles. The summed E-state index contributed by atoms with van der Waals surface area (Å²) in [6, 6.07) is 5.12. The summed E-state index contributed by atoms with van der Waals surface area (Å²) in [5, 5.41) is 9.85. The number of halogens is 1. The van der Waals surface area contributed by atoms with Crippen LogP contribution in [0.3, 0.4) is 0 Å². The second kappa shape index (κ2) is 3.05. The molecule has 1 aliphatic rings. The maximum atomic E-state index is 13.8. The molecule has 2 rings (SSSR count). The van der Waals surface area contributed by atoms with Gasteiger partial charge in [-0.25, -0.2) is 4.39 Å². The first-order valence-corrected chi connectivity index (χ1v) is 5.36. The van der Waals surface area contributed by atoms with Crippen molar-refractivity contribution < 1.29 is 9.50 Å². The SMILES string of the molecule is CC(C)(C)c1ccc(C2(O)CC2)cc1F. The predicted octanol–water partition coefficient (Wildman–Crippen LogP) is 3.10. The molecule has 2 heteroatoms. The van der Waals surface area contributed by atoms with Gasteiger partial charge in [-0.3, -0.25) is 0 Å². The summed E-state index contributed by atoms with van der Waals surface area (Å²) in [5.41, 5.74) is 0.495. The predicted molar refractivity (Wildman–Crippen MR) is 58.2 cm³/mol. The van der Waals surface area contributed by atoms with Crippen molar-refractivity contribution in [2.24, 2.45) is 0 Å². The Bertz CT molecular complexity index is 386. The van der Waals surface area contributed by atoms with Crippen LogP contribution in [0, 0.1) is 5.82 Å². The molecule has 0 saturated heterocycles. The molecule has 0 aliphatic heterocycles. The first-order chi connectivity index (χ1) is 6.83. The van der Waals surface area contributed by atoms with Crippen LogP contribution in [0.1, 0.15) is 44.7 Å². The maximum Gasteiger partial charge on any atom is 0.127 e. The van der Waals surface area contributed by atoms with E-state index < -0.39 is 5.60 Å². The molecule has 1 fully saturated rings. The van der Waals surface area contributed by atoms with E-state index in [1.54, 1.807) is 6.07 Å². The lowest BCUT2D eigenvalue weighted by atomic mass is 9.85. The molecule has 0 unspecified atom stereocenters. The summed E-state index contributed by atoms with van der Waals surface area (Å²) in [7, 11) is 0. The molecule has 0 aromatic heterocycles. The minimum atomic E-state index is -0.739. The minimum absolute atomic E-state index is 0.186. The molecule has 1 N–H and O–H groups in total.